The molecule has 1 amide bonds. The first-order valence-electron chi connectivity index (χ1n) is 13.8. The maximum absolute atomic E-state index is 14.9. The summed E-state index contributed by atoms with van der Waals surface area (Å²) in [5.74, 6) is 4.66. The summed E-state index contributed by atoms with van der Waals surface area (Å²) < 4.78 is 16.5. The normalized spacial score (nSPS) is 21.4. The number of nitrogens with one attached hydrogen (secondary N) is 1. The number of nitrogens with zero attached hydrogens (tertiary/aromatic N) is 3. The number of hydrogen-bond acceptors (Lipinski definition) is 4. The highest BCUT2D eigenvalue weighted by molar-refractivity contribution is 6.34. The fraction of sp³-hybridized carbons (Fsp3) is 0.452. The number of pyridine rings is 1. The van der Waals surface area contributed by atoms with Gasteiger partial charge in [0.1, 0.15) is 5.69 Å². The van der Waals surface area contributed by atoms with Crippen molar-refractivity contribution in [3.8, 4) is 11.8 Å². The molecule has 0 saturated heterocycles. The lowest BCUT2D eigenvalue weighted by atomic mass is 9.62. The average Bonchev–Trinajstić information content (AvgIpc) is 3.29. The number of benzene rings is 1. The van der Waals surface area contributed by atoms with Crippen molar-refractivity contribution in [3.05, 3.63) is 76.5 Å². The predicted molar refractivity (Wildman–Crippen MR) is 150 cm³/mol. The maximum Gasteiger partial charge on any atom is 0.276 e. The standard InChI is InChI=1S/C31H34ClFN4O2/c1-31(16-7-17-31)28(38)23-10-5-6-11-24(15-14-23)37-27(25(32)20-35-37)30(39)36-29-26(33)18-22(19-34-29)13-12-21-8-3-2-4-9-21/h2-4,8-9,18-20,23-24,28,38H,5-7,10-11,14-17H2,1H3,(H,34,36,39). The minimum absolute atomic E-state index is 0.0269. The maximum atomic E-state index is 14.9. The molecule has 6 nitrogen and oxygen atoms in total. The summed E-state index contributed by atoms with van der Waals surface area (Å²) in [6.45, 7) is 2.20. The van der Waals surface area contributed by atoms with Gasteiger partial charge < -0.3 is 10.4 Å². The van der Waals surface area contributed by atoms with E-state index in [4.69, 9.17) is 11.6 Å². The molecule has 3 aromatic rings. The zero-order valence-electron chi connectivity index (χ0n) is 22.2. The smallest absolute Gasteiger partial charge is 0.276 e. The number of aromatic nitrogens is 3. The van der Waals surface area contributed by atoms with Crippen LogP contribution < -0.4 is 5.32 Å². The van der Waals surface area contributed by atoms with E-state index in [2.05, 4.69) is 34.2 Å². The van der Waals surface area contributed by atoms with Crippen molar-refractivity contribution >= 4 is 23.3 Å². The zero-order valence-corrected chi connectivity index (χ0v) is 22.9. The molecule has 2 heterocycles. The molecule has 39 heavy (non-hydrogen) atoms. The molecule has 5 rings (SSSR count). The number of rotatable bonds is 5. The van der Waals surface area contributed by atoms with Crippen molar-refractivity contribution in [2.24, 2.45) is 11.3 Å². The van der Waals surface area contributed by atoms with Crippen LogP contribution in [0, 0.1) is 29.0 Å². The lowest BCUT2D eigenvalue weighted by Crippen LogP contribution is -2.43. The molecule has 2 fully saturated rings. The second-order valence-corrected chi connectivity index (χ2v) is 11.5. The Balaban J connectivity index is 1.29. The summed E-state index contributed by atoms with van der Waals surface area (Å²) in [6.07, 6.45) is 11.5. The number of anilines is 1. The largest absolute Gasteiger partial charge is 0.392 e. The Hall–Kier alpha value is -3.21. The minimum Gasteiger partial charge on any atom is -0.392 e. The topological polar surface area (TPSA) is 80.0 Å². The Bertz CT molecular complexity index is 1380. The number of carbonyl (C=O) groups is 1. The van der Waals surface area contributed by atoms with Gasteiger partial charge in [0.05, 0.1) is 23.4 Å². The first-order chi connectivity index (χ1) is 18.8. The Labute approximate surface area is 234 Å². The molecule has 3 unspecified atom stereocenters. The van der Waals surface area contributed by atoms with Crippen molar-refractivity contribution in [2.45, 2.75) is 76.9 Å². The molecular weight excluding hydrogens is 515 g/mol. The lowest BCUT2D eigenvalue weighted by Gasteiger charge is -2.46. The number of carbonyl (C=O) groups excluding carboxylic acids is 1. The quantitative estimate of drug-likeness (QED) is 0.344. The fourth-order valence-corrected chi connectivity index (χ4v) is 6.12. The lowest BCUT2D eigenvalue weighted by molar-refractivity contribution is -0.0632. The molecule has 2 saturated carbocycles. The van der Waals surface area contributed by atoms with Gasteiger partial charge >= 0.3 is 0 Å². The molecule has 0 bridgehead atoms. The Kier molecular flexibility index (Phi) is 8.34. The third kappa shape index (κ3) is 6.18. The number of hydrogen-bond donors (Lipinski definition) is 2. The molecular formula is C31H34ClFN4O2. The van der Waals surface area contributed by atoms with Crippen molar-refractivity contribution in [2.75, 3.05) is 5.32 Å². The van der Waals surface area contributed by atoms with Gasteiger partial charge in [0.2, 0.25) is 0 Å². The third-order valence-electron chi connectivity index (χ3n) is 8.40. The molecule has 2 N–H and O–H groups in total. The van der Waals surface area contributed by atoms with E-state index in [9.17, 15) is 14.3 Å². The molecule has 2 aromatic heterocycles. The first-order valence-corrected chi connectivity index (χ1v) is 14.2. The van der Waals surface area contributed by atoms with Crippen LogP contribution in [0.2, 0.25) is 5.02 Å². The SMILES string of the molecule is CC1(C(O)C2CCCCC(n3ncc(Cl)c3C(=O)Nc3ncc(C#Cc4ccccc4)cc3F)CC2)CCC1. The van der Waals surface area contributed by atoms with Crippen LogP contribution >= 0.6 is 11.6 Å². The van der Waals surface area contributed by atoms with E-state index in [1.807, 2.05) is 30.3 Å². The van der Waals surface area contributed by atoms with Gasteiger partial charge in [0, 0.05) is 17.3 Å². The van der Waals surface area contributed by atoms with Crippen molar-refractivity contribution < 1.29 is 14.3 Å². The van der Waals surface area contributed by atoms with E-state index in [1.165, 1.54) is 24.9 Å². The summed E-state index contributed by atoms with van der Waals surface area (Å²) in [5.41, 5.74) is 1.43. The summed E-state index contributed by atoms with van der Waals surface area (Å²) in [4.78, 5) is 17.4. The van der Waals surface area contributed by atoms with Gasteiger partial charge in [-0.1, -0.05) is 67.8 Å². The molecule has 1 aromatic carbocycles. The Morgan fingerprint density at radius 2 is 1.85 bits per heavy atom. The third-order valence-corrected chi connectivity index (χ3v) is 8.68. The fourth-order valence-electron chi connectivity index (χ4n) is 5.90. The van der Waals surface area contributed by atoms with Crippen LogP contribution in [0.1, 0.15) is 92.4 Å². The predicted octanol–water partition coefficient (Wildman–Crippen LogP) is 6.79. The molecule has 204 valence electrons. The van der Waals surface area contributed by atoms with Gasteiger partial charge in [-0.05, 0) is 68.1 Å². The van der Waals surface area contributed by atoms with Crippen LogP contribution in [-0.4, -0.2) is 31.9 Å². The van der Waals surface area contributed by atoms with Crippen LogP contribution in [0.25, 0.3) is 0 Å². The second-order valence-electron chi connectivity index (χ2n) is 11.1. The summed E-state index contributed by atoms with van der Waals surface area (Å²) in [7, 11) is 0. The highest BCUT2D eigenvalue weighted by atomic mass is 35.5. The summed E-state index contributed by atoms with van der Waals surface area (Å²) in [5, 5.41) is 18.3. The molecule has 0 radical (unpaired) electrons. The van der Waals surface area contributed by atoms with E-state index in [0.717, 1.165) is 56.9 Å². The molecule has 2 aliphatic rings. The van der Waals surface area contributed by atoms with Crippen molar-refractivity contribution in [3.63, 3.8) is 0 Å². The van der Waals surface area contributed by atoms with Crippen LogP contribution in [0.15, 0.2) is 48.8 Å². The molecule has 2 aliphatic carbocycles. The molecule has 8 heteroatoms. The van der Waals surface area contributed by atoms with E-state index in [0.29, 0.717) is 5.56 Å². The van der Waals surface area contributed by atoms with E-state index in [-0.39, 0.29) is 40.0 Å². The van der Waals surface area contributed by atoms with Crippen molar-refractivity contribution in [1.82, 2.24) is 14.8 Å². The number of halogens is 2. The highest BCUT2D eigenvalue weighted by Gasteiger charge is 2.42. The van der Waals surface area contributed by atoms with Crippen LogP contribution in [0.5, 0.6) is 0 Å². The van der Waals surface area contributed by atoms with Crippen LogP contribution in [0.4, 0.5) is 10.2 Å². The second kappa shape index (κ2) is 11.9. The first kappa shape index (κ1) is 27.4. The summed E-state index contributed by atoms with van der Waals surface area (Å²) >= 11 is 6.41. The van der Waals surface area contributed by atoms with E-state index >= 15 is 0 Å². The monoisotopic (exact) mass is 548 g/mol. The van der Waals surface area contributed by atoms with Gasteiger partial charge in [-0.3, -0.25) is 9.48 Å². The van der Waals surface area contributed by atoms with Gasteiger partial charge in [-0.25, -0.2) is 9.37 Å². The Morgan fingerprint density at radius 1 is 1.10 bits per heavy atom. The van der Waals surface area contributed by atoms with Gasteiger partial charge in [0.15, 0.2) is 11.6 Å². The van der Waals surface area contributed by atoms with Gasteiger partial charge in [-0.15, -0.1) is 0 Å². The van der Waals surface area contributed by atoms with E-state index < -0.39 is 11.7 Å². The molecule has 0 aliphatic heterocycles. The molecule has 3 atom stereocenters. The number of aliphatic hydroxyl groups excluding tert-OH is 1. The van der Waals surface area contributed by atoms with Gasteiger partial charge in [-0.2, -0.15) is 5.10 Å². The highest BCUT2D eigenvalue weighted by Crippen LogP contribution is 2.48. The average molecular weight is 549 g/mol. The van der Waals surface area contributed by atoms with Crippen LogP contribution in [0.3, 0.4) is 0 Å². The number of amides is 1. The minimum atomic E-state index is -0.683. The van der Waals surface area contributed by atoms with E-state index in [1.54, 1.807) is 4.68 Å². The van der Waals surface area contributed by atoms with Gasteiger partial charge in [0.25, 0.3) is 5.91 Å². The Morgan fingerprint density at radius 3 is 2.56 bits per heavy atom. The summed E-state index contributed by atoms with van der Waals surface area (Å²) in [6, 6.07) is 10.6. The zero-order chi connectivity index (χ0) is 27.4. The van der Waals surface area contributed by atoms with Crippen molar-refractivity contribution in [1.29, 1.82) is 0 Å². The molecule has 0 spiro atoms. The number of aliphatic hydroxyl groups is 1. The van der Waals surface area contributed by atoms with Crippen LogP contribution in [-0.2, 0) is 0 Å².